The lowest BCUT2D eigenvalue weighted by Gasteiger charge is -2.36. The van der Waals surface area contributed by atoms with E-state index in [1.165, 1.54) is 13.2 Å². The number of halogens is 1. The highest BCUT2D eigenvalue weighted by Crippen LogP contribution is 2.40. The van der Waals surface area contributed by atoms with Crippen LogP contribution in [0.5, 0.6) is 5.75 Å². The number of benzene rings is 1. The summed E-state index contributed by atoms with van der Waals surface area (Å²) in [7, 11) is 1.44. The number of hydrogen-bond acceptors (Lipinski definition) is 10. The molecule has 3 amide bonds. The van der Waals surface area contributed by atoms with Crippen molar-refractivity contribution in [2.45, 2.75) is 72.1 Å². The third-order valence-electron chi connectivity index (χ3n) is 9.92. The molecular formula is C39H52FN7O6. The summed E-state index contributed by atoms with van der Waals surface area (Å²) in [6, 6.07) is 8.36. The van der Waals surface area contributed by atoms with Crippen molar-refractivity contribution >= 4 is 40.5 Å². The van der Waals surface area contributed by atoms with Crippen molar-refractivity contribution < 1.29 is 33.0 Å². The van der Waals surface area contributed by atoms with Gasteiger partial charge in [-0.3, -0.25) is 4.79 Å². The third kappa shape index (κ3) is 8.85. The molecule has 0 spiro atoms. The second kappa shape index (κ2) is 14.9. The van der Waals surface area contributed by atoms with Gasteiger partial charge in [0.1, 0.15) is 23.1 Å². The summed E-state index contributed by atoms with van der Waals surface area (Å²) < 4.78 is 31.4. The Morgan fingerprint density at radius 3 is 2.21 bits per heavy atom. The first kappa shape index (κ1) is 37.9. The number of amides is 3. The maximum Gasteiger partial charge on any atom is 0.410 e. The normalized spacial score (nSPS) is 19.9. The number of nitrogens with one attached hydrogen (secondary N) is 1. The van der Waals surface area contributed by atoms with Crippen LogP contribution in [0.25, 0.3) is 22.2 Å². The summed E-state index contributed by atoms with van der Waals surface area (Å²) in [5.74, 6) is 0.939. The Bertz CT molecular complexity index is 1830. The van der Waals surface area contributed by atoms with Crippen LogP contribution in [0, 0.1) is 17.7 Å². The molecule has 3 aliphatic rings. The Kier molecular flexibility index (Phi) is 10.6. The highest BCUT2D eigenvalue weighted by molar-refractivity contribution is 5.95. The molecule has 13 nitrogen and oxygen atoms in total. The van der Waals surface area contributed by atoms with E-state index >= 15 is 4.39 Å². The molecule has 53 heavy (non-hydrogen) atoms. The number of carbonyl (C=O) groups is 3. The van der Waals surface area contributed by atoms with Crippen molar-refractivity contribution in [3.05, 3.63) is 42.3 Å². The summed E-state index contributed by atoms with van der Waals surface area (Å²) in [6.45, 7) is 17.5. The van der Waals surface area contributed by atoms with Gasteiger partial charge in [0, 0.05) is 81.3 Å². The first-order valence-electron chi connectivity index (χ1n) is 18.4. The number of aromatic nitrogens is 2. The lowest BCUT2D eigenvalue weighted by molar-refractivity contribution is -0.133. The summed E-state index contributed by atoms with van der Waals surface area (Å²) in [6.07, 6.45) is 1.76. The molecule has 6 rings (SSSR count). The number of piperidine rings is 1. The zero-order chi connectivity index (χ0) is 38.2. The SMILES string of the molecule is COc1cc2nc(-c3ccc(N4CCN(C(=O)C(C)NC(=O)OC(C)(C)C)CC4)nc3)cc(N3CC4CCN(C(=O)OC(C)(C)C)CC4C3)c2cc1F. The van der Waals surface area contributed by atoms with E-state index in [4.69, 9.17) is 24.2 Å². The molecule has 3 fully saturated rings. The van der Waals surface area contributed by atoms with E-state index in [0.29, 0.717) is 61.8 Å². The monoisotopic (exact) mass is 733 g/mol. The molecule has 5 heterocycles. The van der Waals surface area contributed by atoms with E-state index in [-0.39, 0.29) is 23.7 Å². The second-order valence-corrected chi connectivity index (χ2v) is 16.3. The van der Waals surface area contributed by atoms with Crippen LogP contribution in [-0.2, 0) is 14.3 Å². The van der Waals surface area contributed by atoms with E-state index in [9.17, 15) is 14.4 Å². The lowest BCUT2D eigenvalue weighted by atomic mass is 9.89. The van der Waals surface area contributed by atoms with Gasteiger partial charge in [-0.05, 0) is 91.0 Å². The topological polar surface area (TPSA) is 130 Å². The highest BCUT2D eigenvalue weighted by atomic mass is 19.1. The first-order chi connectivity index (χ1) is 25.0. The number of carbonyl (C=O) groups excluding carboxylic acids is 3. The minimum Gasteiger partial charge on any atom is -0.494 e. The molecule has 14 heteroatoms. The summed E-state index contributed by atoms with van der Waals surface area (Å²) in [5, 5.41) is 3.33. The minimum atomic E-state index is -0.707. The van der Waals surface area contributed by atoms with E-state index in [0.717, 1.165) is 36.6 Å². The Balaban J connectivity index is 1.16. The number of rotatable bonds is 6. The molecule has 3 saturated heterocycles. The number of anilines is 2. The number of nitrogens with zero attached hydrogens (tertiary/aromatic N) is 6. The fourth-order valence-electron chi connectivity index (χ4n) is 7.33. The quantitative estimate of drug-likeness (QED) is 0.337. The molecule has 3 aromatic rings. The Morgan fingerprint density at radius 2 is 1.57 bits per heavy atom. The van der Waals surface area contributed by atoms with E-state index in [1.807, 2.05) is 43.9 Å². The van der Waals surface area contributed by atoms with Gasteiger partial charge in [0.15, 0.2) is 11.6 Å². The van der Waals surface area contributed by atoms with Crippen molar-refractivity contribution in [3.63, 3.8) is 0 Å². The van der Waals surface area contributed by atoms with E-state index in [1.54, 1.807) is 44.9 Å². The number of pyridine rings is 2. The number of fused-ring (bicyclic) bond motifs is 2. The van der Waals surface area contributed by atoms with Gasteiger partial charge >= 0.3 is 12.2 Å². The zero-order valence-corrected chi connectivity index (χ0v) is 32.1. The van der Waals surface area contributed by atoms with E-state index in [2.05, 4.69) is 15.1 Å². The molecule has 1 aromatic carbocycles. The van der Waals surface area contributed by atoms with Gasteiger partial charge in [-0.15, -0.1) is 0 Å². The van der Waals surface area contributed by atoms with Gasteiger partial charge < -0.3 is 39.1 Å². The van der Waals surface area contributed by atoms with Gasteiger partial charge in [-0.2, -0.15) is 0 Å². The molecule has 1 N–H and O–H groups in total. The molecule has 286 valence electrons. The van der Waals surface area contributed by atoms with Gasteiger partial charge in [-0.25, -0.2) is 23.9 Å². The van der Waals surface area contributed by atoms with Gasteiger partial charge in [0.2, 0.25) is 5.91 Å². The summed E-state index contributed by atoms with van der Waals surface area (Å²) in [4.78, 5) is 55.8. The van der Waals surface area contributed by atoms with Gasteiger partial charge in [-0.1, -0.05) is 0 Å². The highest BCUT2D eigenvalue weighted by Gasteiger charge is 2.40. The zero-order valence-electron chi connectivity index (χ0n) is 32.1. The molecule has 0 radical (unpaired) electrons. The lowest BCUT2D eigenvalue weighted by Crippen LogP contribution is -2.54. The van der Waals surface area contributed by atoms with Crippen molar-refractivity contribution in [2.24, 2.45) is 11.8 Å². The van der Waals surface area contributed by atoms with Crippen molar-refractivity contribution in [1.82, 2.24) is 25.1 Å². The predicted molar refractivity (Wildman–Crippen MR) is 201 cm³/mol. The number of likely N-dealkylation sites (tertiary alicyclic amines) is 1. The first-order valence-corrected chi connectivity index (χ1v) is 18.4. The molecule has 3 atom stereocenters. The van der Waals surface area contributed by atoms with Crippen LogP contribution in [0.1, 0.15) is 54.9 Å². The van der Waals surface area contributed by atoms with Crippen LogP contribution in [0.15, 0.2) is 36.5 Å². The van der Waals surface area contributed by atoms with Crippen LogP contribution < -0.4 is 19.9 Å². The number of methoxy groups -OCH3 is 1. The number of alkyl carbamates (subject to hydrolysis) is 1. The number of hydrogen-bond donors (Lipinski definition) is 1. The van der Waals surface area contributed by atoms with Crippen molar-refractivity contribution in [2.75, 3.05) is 69.3 Å². The summed E-state index contributed by atoms with van der Waals surface area (Å²) in [5.41, 5.74) is 1.79. The molecule has 0 aliphatic carbocycles. The second-order valence-electron chi connectivity index (χ2n) is 16.3. The van der Waals surface area contributed by atoms with Crippen molar-refractivity contribution in [1.29, 1.82) is 0 Å². The van der Waals surface area contributed by atoms with Gasteiger partial charge in [0.25, 0.3) is 0 Å². The molecule has 0 saturated carbocycles. The predicted octanol–water partition coefficient (Wildman–Crippen LogP) is 5.70. The van der Waals surface area contributed by atoms with Crippen LogP contribution >= 0.6 is 0 Å². The number of ether oxygens (including phenoxy) is 3. The molecule has 3 aliphatic heterocycles. The Labute approximate surface area is 310 Å². The molecule has 0 bridgehead atoms. The standard InChI is InChI=1S/C39H52FN7O6/c1-24(42-36(49)52-38(2,3)4)35(48)45-15-13-44(14-16-45)34-10-9-25(20-41-34)30-18-32(28-17-29(40)33(51-8)19-31(28)43-30)47-21-26-11-12-46(22-27(26)23-47)37(50)53-39(5,6)7/h9-10,17-20,24,26-27H,11-16,21-23H2,1-8H3,(H,42,49). The maximum absolute atomic E-state index is 15.1. The molecular weight excluding hydrogens is 681 g/mol. The van der Waals surface area contributed by atoms with Crippen LogP contribution in [-0.4, -0.2) is 115 Å². The Hall–Kier alpha value is -4.88. The largest absolute Gasteiger partial charge is 0.494 e. The molecule has 3 unspecified atom stereocenters. The van der Waals surface area contributed by atoms with Gasteiger partial charge in [0.05, 0.1) is 18.3 Å². The van der Waals surface area contributed by atoms with Crippen molar-refractivity contribution in [3.8, 4) is 17.0 Å². The van der Waals surface area contributed by atoms with Crippen LogP contribution in [0.4, 0.5) is 25.5 Å². The fraction of sp³-hybridized carbons (Fsp3) is 0.564. The van der Waals surface area contributed by atoms with Crippen LogP contribution in [0.3, 0.4) is 0 Å². The third-order valence-corrected chi connectivity index (χ3v) is 9.92. The van der Waals surface area contributed by atoms with E-state index < -0.39 is 29.2 Å². The smallest absolute Gasteiger partial charge is 0.410 e. The fourth-order valence-corrected chi connectivity index (χ4v) is 7.33. The average molecular weight is 734 g/mol. The number of piperazine rings is 1. The van der Waals surface area contributed by atoms with Crippen LogP contribution in [0.2, 0.25) is 0 Å². The molecule has 2 aromatic heterocycles. The minimum absolute atomic E-state index is 0.123. The maximum atomic E-state index is 15.1. The summed E-state index contributed by atoms with van der Waals surface area (Å²) >= 11 is 0. The Morgan fingerprint density at radius 1 is 0.868 bits per heavy atom. The average Bonchev–Trinajstić information content (AvgIpc) is 3.52.